The monoisotopic (exact) mass is 306 g/mol. The molecule has 0 bridgehead atoms. The number of alkyl halides is 1. The molecule has 0 spiro atoms. The first-order valence-corrected chi connectivity index (χ1v) is 6.43. The van der Waals surface area contributed by atoms with Crippen molar-refractivity contribution in [1.29, 1.82) is 0 Å². The highest BCUT2D eigenvalue weighted by molar-refractivity contribution is 9.08. The second kappa shape index (κ2) is 5.73. The van der Waals surface area contributed by atoms with Gasteiger partial charge in [-0.1, -0.05) is 34.1 Å². The quantitative estimate of drug-likeness (QED) is 0.646. The molecule has 5 heteroatoms. The minimum absolute atomic E-state index is 0.256. The van der Waals surface area contributed by atoms with E-state index < -0.39 is 5.97 Å². The molecule has 0 saturated carbocycles. The summed E-state index contributed by atoms with van der Waals surface area (Å²) in [4.78, 5) is 19.8. The Kier molecular flexibility index (Phi) is 4.04. The number of ether oxygens (including phenoxy) is 1. The van der Waals surface area contributed by atoms with Crippen molar-refractivity contribution in [2.75, 3.05) is 7.11 Å². The lowest BCUT2D eigenvalue weighted by Crippen LogP contribution is -2.05. The zero-order chi connectivity index (χ0) is 13.0. The molecule has 4 nitrogen and oxygen atoms in total. The highest BCUT2D eigenvalue weighted by atomic mass is 79.9. The maximum Gasteiger partial charge on any atom is 0.356 e. The van der Waals surface area contributed by atoms with Crippen LogP contribution in [0, 0.1) is 0 Å². The van der Waals surface area contributed by atoms with E-state index >= 15 is 0 Å². The van der Waals surface area contributed by atoms with Crippen molar-refractivity contribution in [1.82, 2.24) is 9.97 Å². The summed E-state index contributed by atoms with van der Waals surface area (Å²) in [6, 6.07) is 9.35. The summed E-state index contributed by atoms with van der Waals surface area (Å²) >= 11 is 3.40. The number of carbonyl (C=O) groups excluding carboxylic acids is 1. The summed E-state index contributed by atoms with van der Waals surface area (Å²) in [5.74, 6) is 0.0518. The first-order valence-electron chi connectivity index (χ1n) is 5.31. The molecule has 1 aromatic carbocycles. The van der Waals surface area contributed by atoms with Crippen molar-refractivity contribution in [2.24, 2.45) is 0 Å². The highest BCUT2D eigenvalue weighted by Crippen LogP contribution is 2.18. The maximum absolute atomic E-state index is 11.4. The average molecular weight is 307 g/mol. The molecule has 92 valence electrons. The largest absolute Gasteiger partial charge is 0.464 e. The summed E-state index contributed by atoms with van der Waals surface area (Å²) < 4.78 is 4.64. The van der Waals surface area contributed by atoms with Crippen LogP contribution in [0.5, 0.6) is 0 Å². The third kappa shape index (κ3) is 2.73. The van der Waals surface area contributed by atoms with Crippen LogP contribution in [0.4, 0.5) is 0 Å². The number of nitrogens with zero attached hydrogens (tertiary/aromatic N) is 2. The van der Waals surface area contributed by atoms with Gasteiger partial charge in [0.25, 0.3) is 0 Å². The van der Waals surface area contributed by atoms with Gasteiger partial charge in [0.2, 0.25) is 0 Å². The molecule has 2 rings (SSSR count). The molecule has 0 amide bonds. The van der Waals surface area contributed by atoms with E-state index in [9.17, 15) is 4.79 Å². The predicted molar refractivity (Wildman–Crippen MR) is 71.4 cm³/mol. The average Bonchev–Trinajstić information content (AvgIpc) is 2.46. The van der Waals surface area contributed by atoms with Crippen molar-refractivity contribution in [3.8, 4) is 11.4 Å². The molecular weight excluding hydrogens is 296 g/mol. The molecule has 0 unspecified atom stereocenters. The van der Waals surface area contributed by atoms with E-state index in [-0.39, 0.29) is 5.69 Å². The van der Waals surface area contributed by atoms with Crippen LogP contribution in [0.25, 0.3) is 11.4 Å². The van der Waals surface area contributed by atoms with Crippen LogP contribution in [0.3, 0.4) is 0 Å². The van der Waals surface area contributed by atoms with Gasteiger partial charge < -0.3 is 4.74 Å². The zero-order valence-electron chi connectivity index (χ0n) is 9.76. The molecule has 0 aliphatic carbocycles. The fourth-order valence-corrected chi connectivity index (χ4v) is 1.86. The van der Waals surface area contributed by atoms with Crippen LogP contribution in [0.1, 0.15) is 16.1 Å². The van der Waals surface area contributed by atoms with Gasteiger partial charge in [-0.05, 0) is 17.7 Å². The van der Waals surface area contributed by atoms with Crippen molar-refractivity contribution in [3.05, 3.63) is 47.8 Å². The Hall–Kier alpha value is -1.75. The van der Waals surface area contributed by atoms with Crippen molar-refractivity contribution >= 4 is 21.9 Å². The van der Waals surface area contributed by atoms with Crippen LogP contribution in [-0.2, 0) is 10.1 Å². The Morgan fingerprint density at radius 2 is 2.22 bits per heavy atom. The molecule has 2 aromatic rings. The van der Waals surface area contributed by atoms with Crippen molar-refractivity contribution < 1.29 is 9.53 Å². The standard InChI is InChI=1S/C13H11BrN2O2/c1-18-13(17)11-5-6-15-12(16-11)10-4-2-3-9(7-10)8-14/h2-7H,8H2,1H3. The molecule has 0 radical (unpaired) electrons. The van der Waals surface area contributed by atoms with Gasteiger partial charge in [0, 0.05) is 17.1 Å². The SMILES string of the molecule is COC(=O)c1ccnc(-c2cccc(CBr)c2)n1. The van der Waals surface area contributed by atoms with Gasteiger partial charge in [0.05, 0.1) is 7.11 Å². The van der Waals surface area contributed by atoms with E-state index in [0.29, 0.717) is 5.82 Å². The molecule has 0 saturated heterocycles. The number of carbonyl (C=O) groups is 1. The third-order valence-corrected chi connectivity index (χ3v) is 3.04. The van der Waals surface area contributed by atoms with Crippen LogP contribution in [0.2, 0.25) is 0 Å². The van der Waals surface area contributed by atoms with Gasteiger partial charge in [-0.25, -0.2) is 14.8 Å². The molecule has 1 heterocycles. The van der Waals surface area contributed by atoms with E-state index in [2.05, 4.69) is 30.6 Å². The molecular formula is C13H11BrN2O2. The third-order valence-electron chi connectivity index (χ3n) is 2.39. The van der Waals surface area contributed by atoms with Crippen LogP contribution >= 0.6 is 15.9 Å². The smallest absolute Gasteiger partial charge is 0.356 e. The first kappa shape index (κ1) is 12.7. The van der Waals surface area contributed by atoms with E-state index in [4.69, 9.17) is 0 Å². The number of rotatable bonds is 3. The minimum Gasteiger partial charge on any atom is -0.464 e. The maximum atomic E-state index is 11.4. The number of hydrogen-bond donors (Lipinski definition) is 0. The minimum atomic E-state index is -0.463. The Morgan fingerprint density at radius 1 is 1.39 bits per heavy atom. The molecule has 1 aromatic heterocycles. The molecule has 0 N–H and O–H groups in total. The molecule has 18 heavy (non-hydrogen) atoms. The lowest BCUT2D eigenvalue weighted by molar-refractivity contribution is 0.0594. The van der Waals surface area contributed by atoms with E-state index in [1.807, 2.05) is 24.3 Å². The predicted octanol–water partition coefficient (Wildman–Crippen LogP) is 2.83. The van der Waals surface area contributed by atoms with Gasteiger partial charge in [0.1, 0.15) is 0 Å². The molecule has 0 fully saturated rings. The number of benzene rings is 1. The number of halogens is 1. The molecule has 0 aliphatic rings. The first-order chi connectivity index (χ1) is 8.74. The Morgan fingerprint density at radius 3 is 2.94 bits per heavy atom. The summed E-state index contributed by atoms with van der Waals surface area (Å²) in [6.45, 7) is 0. The second-order valence-electron chi connectivity index (χ2n) is 3.59. The van der Waals surface area contributed by atoms with Gasteiger partial charge in [0.15, 0.2) is 11.5 Å². The van der Waals surface area contributed by atoms with Gasteiger partial charge in [-0.15, -0.1) is 0 Å². The van der Waals surface area contributed by atoms with E-state index in [1.165, 1.54) is 13.2 Å². The van der Waals surface area contributed by atoms with Gasteiger partial charge in [-0.2, -0.15) is 0 Å². The zero-order valence-corrected chi connectivity index (χ0v) is 11.3. The van der Waals surface area contributed by atoms with Gasteiger partial charge >= 0.3 is 5.97 Å². The molecule has 0 aliphatic heterocycles. The highest BCUT2D eigenvalue weighted by Gasteiger charge is 2.09. The van der Waals surface area contributed by atoms with Crippen LogP contribution < -0.4 is 0 Å². The topological polar surface area (TPSA) is 52.1 Å². The van der Waals surface area contributed by atoms with Crippen molar-refractivity contribution in [2.45, 2.75) is 5.33 Å². The number of methoxy groups -OCH3 is 1. The Labute approximate surface area is 113 Å². The normalized spacial score (nSPS) is 10.1. The van der Waals surface area contributed by atoms with Crippen LogP contribution in [-0.4, -0.2) is 23.0 Å². The lowest BCUT2D eigenvalue weighted by Gasteiger charge is -2.04. The van der Waals surface area contributed by atoms with E-state index in [1.54, 1.807) is 6.20 Å². The number of hydrogen-bond acceptors (Lipinski definition) is 4. The second-order valence-corrected chi connectivity index (χ2v) is 4.15. The van der Waals surface area contributed by atoms with Crippen LogP contribution in [0.15, 0.2) is 36.5 Å². The summed E-state index contributed by atoms with van der Waals surface area (Å²) in [7, 11) is 1.33. The summed E-state index contributed by atoms with van der Waals surface area (Å²) in [5.41, 5.74) is 2.25. The summed E-state index contributed by atoms with van der Waals surface area (Å²) in [6.07, 6.45) is 1.55. The lowest BCUT2D eigenvalue weighted by atomic mass is 10.1. The fourth-order valence-electron chi connectivity index (χ4n) is 1.51. The summed E-state index contributed by atoms with van der Waals surface area (Å²) in [5, 5.41) is 0.761. The number of esters is 1. The van der Waals surface area contributed by atoms with E-state index in [0.717, 1.165) is 16.5 Å². The van der Waals surface area contributed by atoms with Gasteiger partial charge in [-0.3, -0.25) is 0 Å². The number of aromatic nitrogens is 2. The van der Waals surface area contributed by atoms with Crippen molar-refractivity contribution in [3.63, 3.8) is 0 Å². The molecule has 0 atom stereocenters. The fraction of sp³-hybridized carbons (Fsp3) is 0.154. The Bertz CT molecular complexity index is 572. The Balaban J connectivity index is 2.41.